The third-order valence-electron chi connectivity index (χ3n) is 3.91. The van der Waals surface area contributed by atoms with Gasteiger partial charge in [0.2, 0.25) is 0 Å². The molecule has 2 aromatic rings. The first kappa shape index (κ1) is 15.5. The Balaban J connectivity index is 1.95. The Morgan fingerprint density at radius 3 is 2.91 bits per heavy atom. The van der Waals surface area contributed by atoms with Gasteiger partial charge in [0.25, 0.3) is 10.1 Å². The molecule has 1 aliphatic heterocycles. The van der Waals surface area contributed by atoms with Crippen molar-refractivity contribution in [2.45, 2.75) is 39.0 Å². The number of benzene rings is 1. The minimum Gasteiger partial charge on any atom is -0.356 e. The normalized spacial score (nSPS) is 19.6. The summed E-state index contributed by atoms with van der Waals surface area (Å²) in [5.74, 6) is 0. The lowest BCUT2D eigenvalue weighted by Gasteiger charge is -2.23. The van der Waals surface area contributed by atoms with Gasteiger partial charge in [-0.2, -0.15) is 13.5 Å². The summed E-state index contributed by atoms with van der Waals surface area (Å²) in [6.07, 6.45) is 5.99. The van der Waals surface area contributed by atoms with E-state index in [0.717, 1.165) is 54.2 Å². The van der Waals surface area contributed by atoms with E-state index in [9.17, 15) is 8.42 Å². The second-order valence-electron chi connectivity index (χ2n) is 5.71. The number of ether oxygens (including phenoxy) is 1. The highest BCUT2D eigenvalue weighted by Gasteiger charge is 2.19. The summed E-state index contributed by atoms with van der Waals surface area (Å²) in [4.78, 5) is 0. The minimum atomic E-state index is -3.46. The zero-order valence-electron chi connectivity index (χ0n) is 12.8. The number of hydrogen-bond acceptors (Lipinski definition) is 5. The maximum absolute atomic E-state index is 11.2. The molecule has 1 aromatic carbocycles. The fourth-order valence-corrected chi connectivity index (χ4v) is 3.06. The standard InChI is InChI=1S/C15H20N2O4S/c1-11-7-12-9-16-17(15-5-3-4-6-20-15)14(12)8-13(11)10-21-22(2,18)19/h7-9,15H,3-6,10H2,1-2H3. The molecule has 120 valence electrons. The summed E-state index contributed by atoms with van der Waals surface area (Å²) >= 11 is 0. The molecule has 1 fully saturated rings. The lowest BCUT2D eigenvalue weighted by molar-refractivity contribution is -0.0366. The average Bonchev–Trinajstić information content (AvgIpc) is 2.87. The topological polar surface area (TPSA) is 70.4 Å². The van der Waals surface area contributed by atoms with E-state index in [-0.39, 0.29) is 12.8 Å². The molecule has 0 N–H and O–H groups in total. The van der Waals surface area contributed by atoms with Gasteiger partial charge in [-0.1, -0.05) is 0 Å². The van der Waals surface area contributed by atoms with E-state index in [0.29, 0.717) is 0 Å². The van der Waals surface area contributed by atoms with Crippen molar-refractivity contribution in [3.05, 3.63) is 29.5 Å². The highest BCUT2D eigenvalue weighted by Crippen LogP contribution is 2.28. The van der Waals surface area contributed by atoms with Crippen molar-refractivity contribution >= 4 is 21.0 Å². The van der Waals surface area contributed by atoms with Gasteiger partial charge >= 0.3 is 0 Å². The second-order valence-corrected chi connectivity index (χ2v) is 7.36. The predicted molar refractivity (Wildman–Crippen MR) is 82.9 cm³/mol. The van der Waals surface area contributed by atoms with Gasteiger partial charge in [0.05, 0.1) is 24.6 Å². The fourth-order valence-electron chi connectivity index (χ4n) is 2.72. The third kappa shape index (κ3) is 3.31. The largest absolute Gasteiger partial charge is 0.356 e. The molecular formula is C15H20N2O4S. The van der Waals surface area contributed by atoms with Crippen LogP contribution in [0.3, 0.4) is 0 Å². The van der Waals surface area contributed by atoms with Gasteiger partial charge in [0.15, 0.2) is 6.23 Å². The summed E-state index contributed by atoms with van der Waals surface area (Å²) in [6.45, 7) is 2.73. The molecule has 0 spiro atoms. The molecule has 1 atom stereocenters. The smallest absolute Gasteiger partial charge is 0.264 e. The van der Waals surface area contributed by atoms with Crippen LogP contribution in [0.25, 0.3) is 10.9 Å². The van der Waals surface area contributed by atoms with Gasteiger partial charge in [-0.25, -0.2) is 4.68 Å². The number of fused-ring (bicyclic) bond motifs is 1. The quantitative estimate of drug-likeness (QED) is 0.808. The number of aryl methyl sites for hydroxylation is 1. The lowest BCUT2D eigenvalue weighted by Crippen LogP contribution is -2.19. The Morgan fingerprint density at radius 1 is 1.41 bits per heavy atom. The van der Waals surface area contributed by atoms with E-state index in [4.69, 9.17) is 8.92 Å². The van der Waals surface area contributed by atoms with Gasteiger partial charge in [-0.05, 0) is 49.4 Å². The molecule has 1 aliphatic rings. The maximum atomic E-state index is 11.2. The molecule has 0 radical (unpaired) electrons. The Labute approximate surface area is 130 Å². The summed E-state index contributed by atoms with van der Waals surface area (Å²) in [6, 6.07) is 3.95. The number of hydrogen-bond donors (Lipinski definition) is 0. The molecule has 1 unspecified atom stereocenters. The molecule has 0 bridgehead atoms. The first-order chi connectivity index (χ1) is 10.4. The molecule has 7 heteroatoms. The summed E-state index contributed by atoms with van der Waals surface area (Å²) in [7, 11) is -3.46. The first-order valence-corrected chi connectivity index (χ1v) is 9.18. The van der Waals surface area contributed by atoms with Crippen molar-refractivity contribution in [2.75, 3.05) is 12.9 Å². The molecule has 1 saturated heterocycles. The van der Waals surface area contributed by atoms with E-state index in [1.807, 2.05) is 29.9 Å². The van der Waals surface area contributed by atoms with Gasteiger partial charge < -0.3 is 4.74 Å². The molecule has 6 nitrogen and oxygen atoms in total. The molecule has 22 heavy (non-hydrogen) atoms. The van der Waals surface area contributed by atoms with Crippen molar-refractivity contribution < 1.29 is 17.3 Å². The van der Waals surface area contributed by atoms with Crippen LogP contribution < -0.4 is 0 Å². The van der Waals surface area contributed by atoms with Crippen LogP contribution in [0.5, 0.6) is 0 Å². The molecule has 3 rings (SSSR count). The van der Waals surface area contributed by atoms with Crippen LogP contribution in [0, 0.1) is 6.92 Å². The lowest BCUT2D eigenvalue weighted by atomic mass is 10.1. The van der Waals surface area contributed by atoms with Gasteiger partial charge in [-0.3, -0.25) is 4.18 Å². The SMILES string of the molecule is Cc1cc2cnn(C3CCCCO3)c2cc1COS(C)(=O)=O. The number of nitrogens with zero attached hydrogens (tertiary/aromatic N) is 2. The Kier molecular flexibility index (Phi) is 4.20. The zero-order chi connectivity index (χ0) is 15.7. The van der Waals surface area contributed by atoms with E-state index in [1.54, 1.807) is 0 Å². The Morgan fingerprint density at radius 2 is 2.23 bits per heavy atom. The maximum Gasteiger partial charge on any atom is 0.264 e. The summed E-state index contributed by atoms with van der Waals surface area (Å²) < 4.78 is 35.0. The molecule has 1 aromatic heterocycles. The Hall–Kier alpha value is -1.44. The van der Waals surface area contributed by atoms with Gasteiger partial charge in [0.1, 0.15) is 0 Å². The van der Waals surface area contributed by atoms with Crippen LogP contribution in [0.15, 0.2) is 18.3 Å². The van der Waals surface area contributed by atoms with Crippen LogP contribution in [-0.2, 0) is 25.6 Å². The summed E-state index contributed by atoms with van der Waals surface area (Å²) in [5, 5.41) is 5.47. The van der Waals surface area contributed by atoms with Crippen LogP contribution >= 0.6 is 0 Å². The molecule has 2 heterocycles. The highest BCUT2D eigenvalue weighted by molar-refractivity contribution is 7.85. The van der Waals surface area contributed by atoms with Crippen molar-refractivity contribution in [2.24, 2.45) is 0 Å². The van der Waals surface area contributed by atoms with E-state index >= 15 is 0 Å². The van der Waals surface area contributed by atoms with Crippen LogP contribution in [-0.4, -0.2) is 31.1 Å². The van der Waals surface area contributed by atoms with Crippen LogP contribution in [0.4, 0.5) is 0 Å². The summed E-state index contributed by atoms with van der Waals surface area (Å²) in [5.41, 5.74) is 2.78. The van der Waals surface area contributed by atoms with Crippen LogP contribution in [0.2, 0.25) is 0 Å². The molecular weight excluding hydrogens is 304 g/mol. The second kappa shape index (κ2) is 5.98. The van der Waals surface area contributed by atoms with Gasteiger partial charge in [-0.15, -0.1) is 0 Å². The number of aromatic nitrogens is 2. The van der Waals surface area contributed by atoms with E-state index < -0.39 is 10.1 Å². The molecule has 0 saturated carbocycles. The molecule has 0 aliphatic carbocycles. The molecule has 0 amide bonds. The average molecular weight is 324 g/mol. The van der Waals surface area contributed by atoms with Gasteiger partial charge in [0, 0.05) is 12.0 Å². The number of rotatable bonds is 4. The van der Waals surface area contributed by atoms with E-state index in [2.05, 4.69) is 5.10 Å². The highest BCUT2D eigenvalue weighted by atomic mass is 32.2. The third-order valence-corrected chi connectivity index (χ3v) is 4.46. The van der Waals surface area contributed by atoms with Crippen LogP contribution in [0.1, 0.15) is 36.6 Å². The van der Waals surface area contributed by atoms with Crippen molar-refractivity contribution in [1.82, 2.24) is 9.78 Å². The van der Waals surface area contributed by atoms with Crippen molar-refractivity contribution in [3.8, 4) is 0 Å². The van der Waals surface area contributed by atoms with Crippen molar-refractivity contribution in [3.63, 3.8) is 0 Å². The fraction of sp³-hybridized carbons (Fsp3) is 0.533. The monoisotopic (exact) mass is 324 g/mol. The minimum absolute atomic E-state index is 0.0390. The van der Waals surface area contributed by atoms with Crippen molar-refractivity contribution in [1.29, 1.82) is 0 Å². The first-order valence-electron chi connectivity index (χ1n) is 7.37. The Bertz CT molecular complexity index is 776. The predicted octanol–water partition coefficient (Wildman–Crippen LogP) is 2.52. The zero-order valence-corrected chi connectivity index (χ0v) is 13.6. The van der Waals surface area contributed by atoms with E-state index in [1.165, 1.54) is 0 Å².